The van der Waals surface area contributed by atoms with Gasteiger partial charge in [0.1, 0.15) is 0 Å². The maximum absolute atomic E-state index is 10.0. The van der Waals surface area contributed by atoms with E-state index >= 15 is 0 Å². The first kappa shape index (κ1) is 9.39. The molecule has 0 amide bonds. The molecule has 60 valence electrons. The SMILES string of the molecule is CC(N)[C@H](N)CCC(=O)O. The maximum Gasteiger partial charge on any atom is 0.303 e. The highest BCUT2D eigenvalue weighted by Crippen LogP contribution is 1.96. The quantitative estimate of drug-likeness (QED) is 0.500. The van der Waals surface area contributed by atoms with Gasteiger partial charge in [0.2, 0.25) is 0 Å². The Morgan fingerprint density at radius 3 is 2.40 bits per heavy atom. The van der Waals surface area contributed by atoms with E-state index in [0.29, 0.717) is 6.42 Å². The molecule has 0 aromatic carbocycles. The third kappa shape index (κ3) is 4.29. The average Bonchev–Trinajstić information content (AvgIpc) is 1.82. The van der Waals surface area contributed by atoms with Gasteiger partial charge in [-0.05, 0) is 13.3 Å². The molecule has 0 saturated heterocycles. The Morgan fingerprint density at radius 1 is 1.60 bits per heavy atom. The minimum Gasteiger partial charge on any atom is -0.481 e. The van der Waals surface area contributed by atoms with Gasteiger partial charge in [-0.2, -0.15) is 0 Å². The van der Waals surface area contributed by atoms with Crippen molar-refractivity contribution in [1.29, 1.82) is 0 Å². The lowest BCUT2D eigenvalue weighted by molar-refractivity contribution is -0.137. The number of aliphatic carboxylic acids is 1. The lowest BCUT2D eigenvalue weighted by Gasteiger charge is -2.13. The van der Waals surface area contributed by atoms with E-state index in [1.807, 2.05) is 0 Å². The summed E-state index contributed by atoms with van der Waals surface area (Å²) in [4.78, 5) is 10.0. The van der Waals surface area contributed by atoms with Gasteiger partial charge in [0.25, 0.3) is 0 Å². The van der Waals surface area contributed by atoms with E-state index < -0.39 is 5.97 Å². The predicted molar refractivity (Wildman–Crippen MR) is 38.5 cm³/mol. The van der Waals surface area contributed by atoms with Crippen molar-refractivity contribution in [2.24, 2.45) is 11.5 Å². The molecule has 2 atom stereocenters. The van der Waals surface area contributed by atoms with Crippen molar-refractivity contribution in [3.05, 3.63) is 0 Å². The molecule has 0 aromatic heterocycles. The monoisotopic (exact) mass is 146 g/mol. The highest BCUT2D eigenvalue weighted by atomic mass is 16.4. The van der Waals surface area contributed by atoms with Gasteiger partial charge in [0.15, 0.2) is 0 Å². The molecular formula is C6H14N2O2. The number of hydrogen-bond donors (Lipinski definition) is 3. The van der Waals surface area contributed by atoms with E-state index in [-0.39, 0.29) is 18.5 Å². The lowest BCUT2D eigenvalue weighted by atomic mass is 10.1. The Bertz CT molecular complexity index is 114. The molecule has 0 fully saturated rings. The maximum atomic E-state index is 10.0. The Hall–Kier alpha value is -0.610. The summed E-state index contributed by atoms with van der Waals surface area (Å²) < 4.78 is 0. The minimum absolute atomic E-state index is 0.0999. The number of nitrogens with two attached hydrogens (primary N) is 2. The van der Waals surface area contributed by atoms with Crippen LogP contribution in [-0.4, -0.2) is 23.2 Å². The van der Waals surface area contributed by atoms with Gasteiger partial charge in [-0.15, -0.1) is 0 Å². The number of carboxylic acid groups (broad SMARTS) is 1. The van der Waals surface area contributed by atoms with Crippen LogP contribution in [0.25, 0.3) is 0 Å². The summed E-state index contributed by atoms with van der Waals surface area (Å²) in [5, 5.41) is 8.25. The molecule has 10 heavy (non-hydrogen) atoms. The number of carboxylic acids is 1. The molecule has 4 heteroatoms. The Kier molecular flexibility index (Phi) is 3.99. The number of carbonyl (C=O) groups is 1. The van der Waals surface area contributed by atoms with Gasteiger partial charge >= 0.3 is 5.97 Å². The fourth-order valence-electron chi connectivity index (χ4n) is 0.553. The summed E-state index contributed by atoms with van der Waals surface area (Å²) >= 11 is 0. The molecule has 0 spiro atoms. The van der Waals surface area contributed by atoms with Crippen molar-refractivity contribution in [1.82, 2.24) is 0 Å². The van der Waals surface area contributed by atoms with Crippen molar-refractivity contribution in [3.63, 3.8) is 0 Å². The molecule has 0 radical (unpaired) electrons. The van der Waals surface area contributed by atoms with Crippen LogP contribution < -0.4 is 11.5 Å². The van der Waals surface area contributed by atoms with Gasteiger partial charge < -0.3 is 16.6 Å². The Morgan fingerprint density at radius 2 is 2.10 bits per heavy atom. The van der Waals surface area contributed by atoms with E-state index in [1.165, 1.54) is 0 Å². The summed E-state index contributed by atoms with van der Waals surface area (Å²) in [6, 6.07) is -0.324. The van der Waals surface area contributed by atoms with Crippen molar-refractivity contribution < 1.29 is 9.90 Å². The van der Waals surface area contributed by atoms with E-state index in [9.17, 15) is 4.79 Å². The molecule has 0 bridgehead atoms. The summed E-state index contributed by atoms with van der Waals surface area (Å²) in [5.41, 5.74) is 10.9. The molecule has 0 rings (SSSR count). The molecule has 0 aliphatic heterocycles. The van der Waals surface area contributed by atoms with Gasteiger partial charge in [-0.25, -0.2) is 0 Å². The standard InChI is InChI=1S/C6H14N2O2/c1-4(7)5(8)2-3-6(9)10/h4-5H,2-3,7-8H2,1H3,(H,9,10)/t4?,5-/m1/s1. The highest BCUT2D eigenvalue weighted by Gasteiger charge is 2.08. The predicted octanol–water partition coefficient (Wildman–Crippen LogP) is -0.474. The molecule has 0 aliphatic carbocycles. The van der Waals surface area contributed by atoms with E-state index in [1.54, 1.807) is 6.92 Å². The van der Waals surface area contributed by atoms with Crippen LogP contribution in [0.2, 0.25) is 0 Å². The first-order valence-corrected chi connectivity index (χ1v) is 3.27. The summed E-state index contributed by atoms with van der Waals surface area (Å²) in [6.07, 6.45) is 0.551. The first-order chi connectivity index (χ1) is 4.54. The van der Waals surface area contributed by atoms with Crippen LogP contribution in [0, 0.1) is 0 Å². The summed E-state index contributed by atoms with van der Waals surface area (Å²) in [5.74, 6) is -0.823. The van der Waals surface area contributed by atoms with E-state index in [4.69, 9.17) is 16.6 Å². The Labute approximate surface area is 60.2 Å². The fraction of sp³-hybridized carbons (Fsp3) is 0.833. The topological polar surface area (TPSA) is 89.3 Å². The smallest absolute Gasteiger partial charge is 0.303 e. The zero-order valence-electron chi connectivity index (χ0n) is 6.08. The average molecular weight is 146 g/mol. The zero-order chi connectivity index (χ0) is 8.15. The molecule has 1 unspecified atom stereocenters. The number of rotatable bonds is 4. The van der Waals surface area contributed by atoms with Crippen LogP contribution in [0.15, 0.2) is 0 Å². The van der Waals surface area contributed by atoms with Gasteiger partial charge in [-0.3, -0.25) is 4.79 Å². The number of hydrogen-bond acceptors (Lipinski definition) is 3. The Balaban J connectivity index is 3.39. The van der Waals surface area contributed by atoms with Crippen molar-refractivity contribution in [2.75, 3.05) is 0 Å². The van der Waals surface area contributed by atoms with Gasteiger partial charge in [0.05, 0.1) is 0 Å². The third-order valence-corrected chi connectivity index (χ3v) is 1.37. The van der Waals surface area contributed by atoms with Gasteiger partial charge in [0, 0.05) is 18.5 Å². The highest BCUT2D eigenvalue weighted by molar-refractivity contribution is 5.66. The minimum atomic E-state index is -0.823. The summed E-state index contributed by atoms with van der Waals surface area (Å²) in [7, 11) is 0. The van der Waals surface area contributed by atoms with E-state index in [0.717, 1.165) is 0 Å². The fourth-order valence-corrected chi connectivity index (χ4v) is 0.553. The van der Waals surface area contributed by atoms with Crippen molar-refractivity contribution in [2.45, 2.75) is 31.8 Å². The lowest BCUT2D eigenvalue weighted by Crippen LogP contribution is -2.39. The second-order valence-electron chi connectivity index (χ2n) is 2.46. The molecule has 4 nitrogen and oxygen atoms in total. The third-order valence-electron chi connectivity index (χ3n) is 1.37. The zero-order valence-corrected chi connectivity index (χ0v) is 6.08. The van der Waals surface area contributed by atoms with Crippen molar-refractivity contribution in [3.8, 4) is 0 Å². The summed E-state index contributed by atoms with van der Waals surface area (Å²) in [6.45, 7) is 1.77. The van der Waals surface area contributed by atoms with Crippen LogP contribution in [0.4, 0.5) is 0 Å². The van der Waals surface area contributed by atoms with Crippen LogP contribution in [0.3, 0.4) is 0 Å². The molecule has 0 aliphatic rings. The molecule has 0 heterocycles. The van der Waals surface area contributed by atoms with Crippen LogP contribution in [-0.2, 0) is 4.79 Å². The largest absolute Gasteiger partial charge is 0.481 e. The van der Waals surface area contributed by atoms with Crippen molar-refractivity contribution >= 4 is 5.97 Å². The molecule has 0 saturated carbocycles. The second kappa shape index (κ2) is 4.24. The van der Waals surface area contributed by atoms with Gasteiger partial charge in [-0.1, -0.05) is 0 Å². The van der Waals surface area contributed by atoms with Crippen LogP contribution >= 0.6 is 0 Å². The molecule has 5 N–H and O–H groups in total. The van der Waals surface area contributed by atoms with Crippen LogP contribution in [0.5, 0.6) is 0 Å². The first-order valence-electron chi connectivity index (χ1n) is 3.27. The van der Waals surface area contributed by atoms with E-state index in [2.05, 4.69) is 0 Å². The van der Waals surface area contributed by atoms with Crippen LogP contribution in [0.1, 0.15) is 19.8 Å². The molecule has 0 aromatic rings. The normalized spacial score (nSPS) is 16.3. The second-order valence-corrected chi connectivity index (χ2v) is 2.46. The molecular weight excluding hydrogens is 132 g/mol.